The van der Waals surface area contributed by atoms with Crippen molar-refractivity contribution in [3.63, 3.8) is 0 Å². The third-order valence-corrected chi connectivity index (χ3v) is 5.23. The quantitative estimate of drug-likeness (QED) is 0.710. The third kappa shape index (κ3) is 2.07. The first-order valence-electron chi connectivity index (χ1n) is 7.52. The molecule has 0 unspecified atom stereocenters. The Morgan fingerprint density at radius 1 is 1.00 bits per heavy atom. The topological polar surface area (TPSA) is 23.6 Å². The molecule has 3 rings (SSSR count). The van der Waals surface area contributed by atoms with Crippen LogP contribution in [0.15, 0.2) is 0 Å². The lowest BCUT2D eigenvalue weighted by Gasteiger charge is -2.42. The lowest BCUT2D eigenvalue weighted by molar-refractivity contribution is -0.136. The molecule has 0 radical (unpaired) electrons. The van der Waals surface area contributed by atoms with Crippen LogP contribution in [-0.2, 0) is 4.79 Å². The van der Waals surface area contributed by atoms with Gasteiger partial charge in [-0.3, -0.25) is 9.69 Å². The molecule has 1 heterocycles. The molecule has 2 aliphatic carbocycles. The second kappa shape index (κ2) is 4.22. The summed E-state index contributed by atoms with van der Waals surface area (Å²) in [6.07, 6.45) is 3.98. The monoisotopic (exact) mass is 250 g/mol. The number of nitrogens with zero attached hydrogens (tertiary/aromatic N) is 2. The molecule has 3 nitrogen and oxygen atoms in total. The van der Waals surface area contributed by atoms with E-state index in [1.54, 1.807) is 0 Å². The van der Waals surface area contributed by atoms with Gasteiger partial charge in [0, 0.05) is 37.6 Å². The maximum Gasteiger partial charge on any atom is 0.226 e. The van der Waals surface area contributed by atoms with Crippen LogP contribution in [0.3, 0.4) is 0 Å². The van der Waals surface area contributed by atoms with Crippen LogP contribution in [0.25, 0.3) is 0 Å². The van der Waals surface area contributed by atoms with Gasteiger partial charge in [0.25, 0.3) is 0 Å². The van der Waals surface area contributed by atoms with Gasteiger partial charge in [0.1, 0.15) is 0 Å². The molecular formula is C15H26N2O. The van der Waals surface area contributed by atoms with E-state index in [4.69, 9.17) is 0 Å². The summed E-state index contributed by atoms with van der Waals surface area (Å²) in [7, 11) is 0. The number of piperazine rings is 1. The normalized spacial score (nSPS) is 36.6. The van der Waals surface area contributed by atoms with Crippen LogP contribution in [0.2, 0.25) is 0 Å². The Bertz CT molecular complexity index is 329. The standard InChI is InChI=1S/C15H26N2O/c1-15(2,3)17-9-7-16(8-10-17)14(18)13-11-5-4-6-12(11)13/h11-13H,4-10H2,1-3H3/t11-,12-/m0/s1. The smallest absolute Gasteiger partial charge is 0.226 e. The van der Waals surface area contributed by atoms with E-state index in [0.717, 1.165) is 38.0 Å². The summed E-state index contributed by atoms with van der Waals surface area (Å²) in [4.78, 5) is 17.1. The predicted molar refractivity (Wildman–Crippen MR) is 72.2 cm³/mol. The molecule has 3 heteroatoms. The lowest BCUT2D eigenvalue weighted by Crippen LogP contribution is -2.55. The maximum absolute atomic E-state index is 12.4. The molecule has 0 aromatic rings. The summed E-state index contributed by atoms with van der Waals surface area (Å²) >= 11 is 0. The molecular weight excluding hydrogens is 224 g/mol. The second-order valence-corrected chi connectivity index (χ2v) is 7.27. The van der Waals surface area contributed by atoms with Crippen LogP contribution in [-0.4, -0.2) is 47.4 Å². The van der Waals surface area contributed by atoms with Gasteiger partial charge in [0.05, 0.1) is 0 Å². The molecule has 0 N–H and O–H groups in total. The van der Waals surface area contributed by atoms with E-state index in [1.807, 2.05) is 0 Å². The fourth-order valence-corrected chi connectivity index (χ4v) is 4.00. The lowest BCUT2D eigenvalue weighted by atomic mass is 10.0. The number of fused-ring (bicyclic) bond motifs is 1. The van der Waals surface area contributed by atoms with Crippen LogP contribution in [0.5, 0.6) is 0 Å². The van der Waals surface area contributed by atoms with E-state index in [1.165, 1.54) is 19.3 Å². The average molecular weight is 250 g/mol. The van der Waals surface area contributed by atoms with Crippen LogP contribution < -0.4 is 0 Å². The molecule has 0 spiro atoms. The van der Waals surface area contributed by atoms with Crippen LogP contribution in [0, 0.1) is 17.8 Å². The highest BCUT2D eigenvalue weighted by Gasteiger charge is 2.57. The van der Waals surface area contributed by atoms with Gasteiger partial charge in [0.2, 0.25) is 5.91 Å². The van der Waals surface area contributed by atoms with Crippen molar-refractivity contribution in [3.8, 4) is 0 Å². The number of amides is 1. The van der Waals surface area contributed by atoms with Crippen molar-refractivity contribution in [2.45, 2.75) is 45.6 Å². The summed E-state index contributed by atoms with van der Waals surface area (Å²) in [6.45, 7) is 10.7. The van der Waals surface area contributed by atoms with Gasteiger partial charge >= 0.3 is 0 Å². The van der Waals surface area contributed by atoms with Crippen LogP contribution >= 0.6 is 0 Å². The number of carbonyl (C=O) groups excluding carboxylic acids is 1. The zero-order chi connectivity index (χ0) is 12.9. The van der Waals surface area contributed by atoms with Crippen molar-refractivity contribution in [2.24, 2.45) is 17.8 Å². The Balaban J connectivity index is 1.53. The summed E-state index contributed by atoms with van der Waals surface area (Å²) in [5.74, 6) is 2.41. The highest BCUT2D eigenvalue weighted by Crippen LogP contribution is 2.58. The second-order valence-electron chi connectivity index (χ2n) is 7.27. The zero-order valence-corrected chi connectivity index (χ0v) is 12.0. The average Bonchev–Trinajstić information content (AvgIpc) is 2.80. The SMILES string of the molecule is CC(C)(C)N1CCN(C(=O)C2[C@H]3CCC[C@H]23)CC1. The van der Waals surface area contributed by atoms with Gasteiger partial charge in [-0.1, -0.05) is 6.42 Å². The minimum absolute atomic E-state index is 0.241. The number of carbonyl (C=O) groups is 1. The van der Waals surface area contributed by atoms with Crippen molar-refractivity contribution >= 4 is 5.91 Å². The van der Waals surface area contributed by atoms with Gasteiger partial charge in [0.15, 0.2) is 0 Å². The molecule has 2 saturated carbocycles. The third-order valence-electron chi connectivity index (χ3n) is 5.23. The first kappa shape index (κ1) is 12.5. The molecule has 3 fully saturated rings. The van der Waals surface area contributed by atoms with Crippen LogP contribution in [0.4, 0.5) is 0 Å². The first-order valence-corrected chi connectivity index (χ1v) is 7.52. The molecule has 0 aromatic carbocycles. The molecule has 0 aromatic heterocycles. The van der Waals surface area contributed by atoms with E-state index in [2.05, 4.69) is 30.6 Å². The maximum atomic E-state index is 12.4. The zero-order valence-electron chi connectivity index (χ0n) is 12.0. The number of hydrogen-bond acceptors (Lipinski definition) is 2. The van der Waals surface area contributed by atoms with Crippen LogP contribution in [0.1, 0.15) is 40.0 Å². The van der Waals surface area contributed by atoms with Gasteiger partial charge in [-0.15, -0.1) is 0 Å². The van der Waals surface area contributed by atoms with E-state index in [-0.39, 0.29) is 5.54 Å². The molecule has 1 saturated heterocycles. The minimum Gasteiger partial charge on any atom is -0.340 e. The number of rotatable bonds is 1. The molecule has 0 bridgehead atoms. The van der Waals surface area contributed by atoms with Crippen molar-refractivity contribution < 1.29 is 4.79 Å². The van der Waals surface area contributed by atoms with Crippen molar-refractivity contribution in [3.05, 3.63) is 0 Å². The van der Waals surface area contributed by atoms with Crippen molar-refractivity contribution in [1.29, 1.82) is 0 Å². The Morgan fingerprint density at radius 3 is 2.06 bits per heavy atom. The minimum atomic E-state index is 0.241. The van der Waals surface area contributed by atoms with Gasteiger partial charge in [-0.25, -0.2) is 0 Å². The molecule has 2 atom stereocenters. The van der Waals surface area contributed by atoms with Crippen molar-refractivity contribution in [2.75, 3.05) is 26.2 Å². The fraction of sp³-hybridized carbons (Fsp3) is 0.933. The molecule has 18 heavy (non-hydrogen) atoms. The molecule has 1 amide bonds. The molecule has 1 aliphatic heterocycles. The highest BCUT2D eigenvalue weighted by atomic mass is 16.2. The molecule has 102 valence electrons. The fourth-order valence-electron chi connectivity index (χ4n) is 4.00. The van der Waals surface area contributed by atoms with E-state index < -0.39 is 0 Å². The van der Waals surface area contributed by atoms with E-state index in [0.29, 0.717) is 11.8 Å². The Kier molecular flexibility index (Phi) is 2.92. The Hall–Kier alpha value is -0.570. The predicted octanol–water partition coefficient (Wildman–Crippen LogP) is 1.98. The largest absolute Gasteiger partial charge is 0.340 e. The van der Waals surface area contributed by atoms with E-state index in [9.17, 15) is 4.79 Å². The number of hydrogen-bond donors (Lipinski definition) is 0. The summed E-state index contributed by atoms with van der Waals surface area (Å²) in [6, 6.07) is 0. The Morgan fingerprint density at radius 2 is 1.56 bits per heavy atom. The highest BCUT2D eigenvalue weighted by molar-refractivity contribution is 5.82. The first-order chi connectivity index (χ1) is 8.48. The van der Waals surface area contributed by atoms with Gasteiger partial charge in [-0.05, 0) is 45.4 Å². The molecule has 3 aliphatic rings. The van der Waals surface area contributed by atoms with Gasteiger partial charge < -0.3 is 4.90 Å². The summed E-state index contributed by atoms with van der Waals surface area (Å²) in [5, 5.41) is 0. The van der Waals surface area contributed by atoms with Crippen molar-refractivity contribution in [1.82, 2.24) is 9.80 Å². The summed E-state index contributed by atoms with van der Waals surface area (Å²) < 4.78 is 0. The van der Waals surface area contributed by atoms with E-state index >= 15 is 0 Å². The Labute approximate surface area is 111 Å². The summed E-state index contributed by atoms with van der Waals surface area (Å²) in [5.41, 5.74) is 0.241. The van der Waals surface area contributed by atoms with Gasteiger partial charge in [-0.2, -0.15) is 0 Å².